The number of hydrogen-bond donors (Lipinski definition) is 1. The maximum atomic E-state index is 5.41. The van der Waals surface area contributed by atoms with Crippen LogP contribution in [-0.4, -0.2) is 49.8 Å². The molecule has 0 bridgehead atoms. The summed E-state index contributed by atoms with van der Waals surface area (Å²) in [6, 6.07) is 5.82. The molecule has 1 rings (SSSR count). The van der Waals surface area contributed by atoms with E-state index in [4.69, 9.17) is 21.7 Å². The topological polar surface area (TPSA) is 33.7 Å². The van der Waals surface area contributed by atoms with Gasteiger partial charge in [-0.3, -0.25) is 0 Å². The van der Waals surface area contributed by atoms with E-state index >= 15 is 0 Å². The zero-order chi connectivity index (χ0) is 15.7. The van der Waals surface area contributed by atoms with E-state index in [1.165, 1.54) is 0 Å². The number of thioether (sulfide) groups is 1. The minimum Gasteiger partial charge on any atom is -0.497 e. The molecule has 1 aromatic rings. The van der Waals surface area contributed by atoms with Crippen molar-refractivity contribution in [3.05, 3.63) is 23.8 Å². The molecule has 0 aliphatic carbocycles. The van der Waals surface area contributed by atoms with Crippen molar-refractivity contribution >= 4 is 29.1 Å². The fourth-order valence-electron chi connectivity index (χ4n) is 1.86. The van der Waals surface area contributed by atoms with Gasteiger partial charge in [0.25, 0.3) is 0 Å². The van der Waals surface area contributed by atoms with Crippen LogP contribution in [0.2, 0.25) is 0 Å². The van der Waals surface area contributed by atoms with Gasteiger partial charge in [-0.05, 0) is 42.8 Å². The molecular formula is C15H24N2O2S2. The first-order valence-corrected chi connectivity index (χ1v) is 8.61. The van der Waals surface area contributed by atoms with Crippen LogP contribution >= 0.6 is 24.0 Å². The van der Waals surface area contributed by atoms with Crippen molar-refractivity contribution < 1.29 is 9.47 Å². The quantitative estimate of drug-likeness (QED) is 0.584. The molecule has 0 aromatic heterocycles. The molecule has 0 spiro atoms. The van der Waals surface area contributed by atoms with E-state index in [-0.39, 0.29) is 0 Å². The van der Waals surface area contributed by atoms with Crippen LogP contribution in [0, 0.1) is 0 Å². The number of ether oxygens (including phenoxy) is 2. The monoisotopic (exact) mass is 328 g/mol. The molecule has 0 atom stereocenters. The van der Waals surface area contributed by atoms with Crippen LogP contribution in [0.15, 0.2) is 18.2 Å². The first-order valence-electron chi connectivity index (χ1n) is 6.81. The molecule has 1 aromatic carbocycles. The summed E-state index contributed by atoms with van der Waals surface area (Å²) in [7, 11) is 5.29. The number of methoxy groups -OCH3 is 2. The van der Waals surface area contributed by atoms with Gasteiger partial charge in [0.15, 0.2) is 5.11 Å². The number of nitrogens with one attached hydrogen (secondary N) is 1. The van der Waals surface area contributed by atoms with E-state index in [2.05, 4.69) is 11.6 Å². The van der Waals surface area contributed by atoms with Gasteiger partial charge in [0.2, 0.25) is 0 Å². The molecule has 0 amide bonds. The predicted molar refractivity (Wildman–Crippen MR) is 94.6 cm³/mol. The van der Waals surface area contributed by atoms with Gasteiger partial charge >= 0.3 is 0 Å². The number of nitrogens with zero attached hydrogens (tertiary/aromatic N) is 1. The Morgan fingerprint density at radius 1 is 1.33 bits per heavy atom. The SMILES string of the molecule is COc1ccc(CN(C)C(=S)NCCCSC)c(OC)c1. The lowest BCUT2D eigenvalue weighted by molar-refractivity contribution is 0.383. The van der Waals surface area contributed by atoms with E-state index in [9.17, 15) is 0 Å². The summed E-state index contributed by atoms with van der Waals surface area (Å²) in [5.74, 6) is 2.74. The fraction of sp³-hybridized carbons (Fsp3) is 0.533. The molecule has 1 N–H and O–H groups in total. The Morgan fingerprint density at radius 2 is 2.10 bits per heavy atom. The van der Waals surface area contributed by atoms with E-state index in [0.29, 0.717) is 6.54 Å². The smallest absolute Gasteiger partial charge is 0.168 e. The lowest BCUT2D eigenvalue weighted by Gasteiger charge is -2.22. The van der Waals surface area contributed by atoms with Crippen molar-refractivity contribution in [2.75, 3.05) is 39.8 Å². The Kier molecular flexibility index (Phi) is 8.30. The van der Waals surface area contributed by atoms with E-state index in [0.717, 1.165) is 40.9 Å². The Balaban J connectivity index is 2.57. The second-order valence-electron chi connectivity index (χ2n) is 4.61. The van der Waals surface area contributed by atoms with E-state index in [1.807, 2.05) is 41.9 Å². The minimum absolute atomic E-state index is 0.696. The minimum atomic E-state index is 0.696. The van der Waals surface area contributed by atoms with Gasteiger partial charge in [-0.15, -0.1) is 0 Å². The molecular weight excluding hydrogens is 304 g/mol. The van der Waals surface area contributed by atoms with Gasteiger partial charge in [-0.25, -0.2) is 0 Å². The van der Waals surface area contributed by atoms with E-state index < -0.39 is 0 Å². The fourth-order valence-corrected chi connectivity index (χ4v) is 2.46. The lowest BCUT2D eigenvalue weighted by atomic mass is 10.2. The van der Waals surface area contributed by atoms with Crippen molar-refractivity contribution in [1.82, 2.24) is 10.2 Å². The number of rotatable bonds is 8. The molecule has 0 aliphatic rings. The first-order chi connectivity index (χ1) is 10.1. The molecule has 118 valence electrons. The van der Waals surface area contributed by atoms with Crippen LogP contribution in [0.3, 0.4) is 0 Å². The summed E-state index contributed by atoms with van der Waals surface area (Å²) in [6.45, 7) is 1.60. The third-order valence-electron chi connectivity index (χ3n) is 3.05. The summed E-state index contributed by atoms with van der Waals surface area (Å²) in [6.07, 6.45) is 3.22. The van der Waals surface area contributed by atoms with Crippen LogP contribution in [0.5, 0.6) is 11.5 Å². The third-order valence-corrected chi connectivity index (χ3v) is 4.20. The molecule has 0 saturated heterocycles. The van der Waals surface area contributed by atoms with Gasteiger partial charge in [-0.2, -0.15) is 11.8 Å². The summed E-state index contributed by atoms with van der Waals surface area (Å²) in [5.41, 5.74) is 1.08. The van der Waals surface area contributed by atoms with Crippen LogP contribution < -0.4 is 14.8 Å². The Hall–Kier alpha value is -1.14. The van der Waals surface area contributed by atoms with Crippen molar-refractivity contribution in [2.45, 2.75) is 13.0 Å². The van der Waals surface area contributed by atoms with E-state index in [1.54, 1.807) is 14.2 Å². The standard InChI is InChI=1S/C15H24N2O2S2/c1-17(15(20)16-8-5-9-21-4)11-12-6-7-13(18-2)10-14(12)19-3/h6-7,10H,5,8-9,11H2,1-4H3,(H,16,20). The van der Waals surface area contributed by atoms with Crippen molar-refractivity contribution in [2.24, 2.45) is 0 Å². The zero-order valence-corrected chi connectivity index (χ0v) is 14.8. The van der Waals surface area contributed by atoms with Crippen molar-refractivity contribution in [1.29, 1.82) is 0 Å². The highest BCUT2D eigenvalue weighted by Crippen LogP contribution is 2.25. The number of hydrogen-bond acceptors (Lipinski definition) is 4. The summed E-state index contributed by atoms with van der Waals surface area (Å²) in [5, 5.41) is 4.03. The summed E-state index contributed by atoms with van der Waals surface area (Å²) < 4.78 is 10.6. The van der Waals surface area contributed by atoms with Crippen LogP contribution in [-0.2, 0) is 6.54 Å². The Bertz CT molecular complexity index is 455. The summed E-state index contributed by atoms with van der Waals surface area (Å²) in [4.78, 5) is 2.01. The molecule has 0 radical (unpaired) electrons. The average Bonchev–Trinajstić information content (AvgIpc) is 2.51. The molecule has 0 aliphatic heterocycles. The van der Waals surface area contributed by atoms with Gasteiger partial charge in [0.05, 0.1) is 14.2 Å². The molecule has 21 heavy (non-hydrogen) atoms. The van der Waals surface area contributed by atoms with Gasteiger partial charge in [0.1, 0.15) is 11.5 Å². The largest absolute Gasteiger partial charge is 0.497 e. The predicted octanol–water partition coefficient (Wildman–Crippen LogP) is 2.76. The zero-order valence-electron chi connectivity index (χ0n) is 13.1. The Labute approximate surface area is 137 Å². The Morgan fingerprint density at radius 3 is 2.71 bits per heavy atom. The van der Waals surface area contributed by atoms with Gasteiger partial charge in [-0.1, -0.05) is 0 Å². The van der Waals surface area contributed by atoms with Crippen molar-refractivity contribution in [3.8, 4) is 11.5 Å². The van der Waals surface area contributed by atoms with Crippen LogP contribution in [0.25, 0.3) is 0 Å². The average molecular weight is 329 g/mol. The second-order valence-corrected chi connectivity index (χ2v) is 5.98. The molecule has 6 heteroatoms. The highest BCUT2D eigenvalue weighted by Gasteiger charge is 2.10. The second kappa shape index (κ2) is 9.73. The van der Waals surface area contributed by atoms with Crippen LogP contribution in [0.4, 0.5) is 0 Å². The van der Waals surface area contributed by atoms with Gasteiger partial charge in [0, 0.05) is 31.8 Å². The molecule has 0 heterocycles. The van der Waals surface area contributed by atoms with Gasteiger partial charge < -0.3 is 19.7 Å². The summed E-state index contributed by atoms with van der Waals surface area (Å²) >= 11 is 7.24. The highest BCUT2D eigenvalue weighted by atomic mass is 32.2. The molecule has 4 nitrogen and oxygen atoms in total. The number of thiocarbonyl (C=S) groups is 1. The molecule has 0 fully saturated rings. The van der Waals surface area contributed by atoms with Crippen molar-refractivity contribution in [3.63, 3.8) is 0 Å². The van der Waals surface area contributed by atoms with Crippen LogP contribution in [0.1, 0.15) is 12.0 Å². The maximum Gasteiger partial charge on any atom is 0.168 e. The first kappa shape index (κ1) is 17.9. The molecule has 0 saturated carbocycles. The highest BCUT2D eigenvalue weighted by molar-refractivity contribution is 7.98. The number of benzene rings is 1. The third kappa shape index (κ3) is 6.01. The normalized spacial score (nSPS) is 10.1. The lowest BCUT2D eigenvalue weighted by Crippen LogP contribution is -2.37. The molecule has 0 unspecified atom stereocenters. The maximum absolute atomic E-state index is 5.41.